The van der Waals surface area contributed by atoms with Crippen LogP contribution in [0.15, 0.2) is 98.0 Å². The van der Waals surface area contributed by atoms with Crippen molar-refractivity contribution in [3.05, 3.63) is 121 Å². The van der Waals surface area contributed by atoms with Crippen LogP contribution in [0.25, 0.3) is 16.3 Å². The van der Waals surface area contributed by atoms with Crippen LogP contribution in [0.2, 0.25) is 5.02 Å². The van der Waals surface area contributed by atoms with Crippen LogP contribution in [0.1, 0.15) is 27.0 Å². The molecular formula is C32H22ClN5O4S3. The molecule has 13 heteroatoms. The summed E-state index contributed by atoms with van der Waals surface area (Å²) >= 11 is 9.89. The maximum atomic E-state index is 12.6. The topological polar surface area (TPSA) is 127 Å². The molecule has 0 spiro atoms. The molecule has 0 unspecified atom stereocenters. The third kappa shape index (κ3) is 7.10. The van der Waals surface area contributed by atoms with Crippen molar-refractivity contribution in [3.63, 3.8) is 0 Å². The standard InChI is InChI=1S/C32H22ClN5O4S3/c1-17-3-7-20(8-4-17)29(39)34-22-10-11-24-27(16-22)45-32(36-24)44-26-12-6-19(13-25(26)38(41)42)14-28-30(40)37-31(43-28)35-21-9-5-18(2)23(33)15-21/h3-16H,1-2H3,(H,34,39)(H,35,37,40)/b28-14-. The predicted octanol–water partition coefficient (Wildman–Crippen LogP) is 8.77. The van der Waals surface area contributed by atoms with Gasteiger partial charge in [0.05, 0.1) is 30.6 Å². The molecule has 9 nitrogen and oxygen atoms in total. The number of anilines is 1. The molecule has 1 fully saturated rings. The average Bonchev–Trinajstić information content (AvgIpc) is 3.57. The smallest absolute Gasteiger partial charge is 0.283 e. The van der Waals surface area contributed by atoms with Crippen molar-refractivity contribution >= 4 is 96.8 Å². The van der Waals surface area contributed by atoms with Crippen LogP contribution in [0.5, 0.6) is 0 Å². The second-order valence-corrected chi connectivity index (χ2v) is 13.7. The molecule has 1 aliphatic rings. The van der Waals surface area contributed by atoms with Crippen molar-refractivity contribution < 1.29 is 14.5 Å². The lowest BCUT2D eigenvalue weighted by molar-refractivity contribution is -0.387. The number of nitro groups is 1. The maximum Gasteiger partial charge on any atom is 0.283 e. The molecule has 1 saturated heterocycles. The minimum absolute atomic E-state index is 0.105. The Bertz CT molecular complexity index is 2080. The van der Waals surface area contributed by atoms with E-state index in [2.05, 4.69) is 20.6 Å². The van der Waals surface area contributed by atoms with Gasteiger partial charge in [-0.25, -0.2) is 9.98 Å². The van der Waals surface area contributed by atoms with E-state index in [4.69, 9.17) is 11.6 Å². The van der Waals surface area contributed by atoms with Crippen molar-refractivity contribution in [3.8, 4) is 0 Å². The first-order valence-corrected chi connectivity index (χ1v) is 16.2. The molecule has 6 rings (SSSR count). The van der Waals surface area contributed by atoms with Gasteiger partial charge in [-0.2, -0.15) is 0 Å². The third-order valence-corrected chi connectivity index (χ3v) is 10.1. The van der Waals surface area contributed by atoms with Crippen molar-refractivity contribution in [1.82, 2.24) is 10.3 Å². The maximum absolute atomic E-state index is 12.6. The van der Waals surface area contributed by atoms with Crippen molar-refractivity contribution in [2.24, 2.45) is 4.99 Å². The Balaban J connectivity index is 1.19. The lowest BCUT2D eigenvalue weighted by atomic mass is 10.1. The number of rotatable bonds is 7. The molecule has 1 aromatic heterocycles. The highest BCUT2D eigenvalue weighted by molar-refractivity contribution is 8.18. The monoisotopic (exact) mass is 671 g/mol. The summed E-state index contributed by atoms with van der Waals surface area (Å²) in [5.41, 5.74) is 4.89. The molecule has 224 valence electrons. The molecule has 45 heavy (non-hydrogen) atoms. The van der Waals surface area contributed by atoms with E-state index in [0.29, 0.717) is 46.8 Å². The quantitative estimate of drug-likeness (QED) is 0.101. The van der Waals surface area contributed by atoms with Crippen molar-refractivity contribution in [2.45, 2.75) is 23.1 Å². The fraction of sp³-hybridized carbons (Fsp3) is 0.0625. The summed E-state index contributed by atoms with van der Waals surface area (Å²) < 4.78 is 1.45. The van der Waals surface area contributed by atoms with Crippen molar-refractivity contribution in [2.75, 3.05) is 5.32 Å². The largest absolute Gasteiger partial charge is 0.322 e. The van der Waals surface area contributed by atoms with E-state index in [1.54, 1.807) is 54.6 Å². The van der Waals surface area contributed by atoms with Gasteiger partial charge in [0.1, 0.15) is 0 Å². The van der Waals surface area contributed by atoms with E-state index in [9.17, 15) is 19.7 Å². The van der Waals surface area contributed by atoms with Gasteiger partial charge in [0.25, 0.3) is 17.5 Å². The van der Waals surface area contributed by atoms with Gasteiger partial charge in [-0.1, -0.05) is 53.2 Å². The number of aromatic nitrogens is 1. The zero-order valence-corrected chi connectivity index (χ0v) is 26.9. The minimum Gasteiger partial charge on any atom is -0.322 e. The summed E-state index contributed by atoms with van der Waals surface area (Å²) in [4.78, 5) is 46.7. The van der Waals surface area contributed by atoms with E-state index in [0.717, 1.165) is 33.1 Å². The van der Waals surface area contributed by atoms with Crippen LogP contribution >= 0.6 is 46.5 Å². The molecule has 0 radical (unpaired) electrons. The summed E-state index contributed by atoms with van der Waals surface area (Å²) in [6, 6.07) is 22.9. The highest BCUT2D eigenvalue weighted by atomic mass is 35.5. The number of hydrogen-bond donors (Lipinski definition) is 2. The normalized spacial score (nSPS) is 14.7. The molecule has 5 aromatic rings. The lowest BCUT2D eigenvalue weighted by Crippen LogP contribution is -2.19. The zero-order chi connectivity index (χ0) is 31.7. The number of thioether (sulfide) groups is 1. The molecule has 0 aliphatic carbocycles. The fourth-order valence-corrected chi connectivity index (χ4v) is 7.45. The first-order chi connectivity index (χ1) is 21.6. The van der Waals surface area contributed by atoms with Gasteiger partial charge in [0.2, 0.25) is 0 Å². The number of aryl methyl sites for hydroxylation is 2. The Morgan fingerprint density at radius 2 is 1.87 bits per heavy atom. The van der Waals surface area contributed by atoms with Gasteiger partial charge >= 0.3 is 0 Å². The summed E-state index contributed by atoms with van der Waals surface area (Å²) in [5, 5.41) is 18.6. The van der Waals surface area contributed by atoms with Gasteiger partial charge < -0.3 is 10.6 Å². The number of halogens is 1. The minimum atomic E-state index is -0.452. The van der Waals surface area contributed by atoms with E-state index < -0.39 is 4.92 Å². The Hall–Kier alpha value is -4.49. The Morgan fingerprint density at radius 1 is 1.07 bits per heavy atom. The van der Waals surface area contributed by atoms with Gasteiger partial charge in [-0.05, 0) is 91.3 Å². The number of nitrogens with zero attached hydrogens (tertiary/aromatic N) is 3. The number of nitro benzene ring substituents is 1. The van der Waals surface area contributed by atoms with Gasteiger partial charge in [0, 0.05) is 22.3 Å². The van der Waals surface area contributed by atoms with Gasteiger partial charge in [0.15, 0.2) is 9.51 Å². The van der Waals surface area contributed by atoms with E-state index in [1.807, 2.05) is 38.1 Å². The number of carbonyl (C=O) groups excluding carboxylic acids is 2. The molecule has 2 N–H and O–H groups in total. The molecule has 0 saturated carbocycles. The van der Waals surface area contributed by atoms with Gasteiger partial charge in [-0.3, -0.25) is 19.7 Å². The van der Waals surface area contributed by atoms with Crippen LogP contribution < -0.4 is 10.6 Å². The fourth-order valence-electron chi connectivity index (χ4n) is 4.28. The van der Waals surface area contributed by atoms with E-state index >= 15 is 0 Å². The number of benzene rings is 4. The first kappa shape index (κ1) is 30.5. The highest BCUT2D eigenvalue weighted by Crippen LogP contribution is 2.40. The van der Waals surface area contributed by atoms with Crippen LogP contribution in [-0.4, -0.2) is 26.9 Å². The number of hydrogen-bond acceptors (Lipinski definition) is 9. The summed E-state index contributed by atoms with van der Waals surface area (Å²) in [6.45, 7) is 3.85. The molecule has 0 bridgehead atoms. The predicted molar refractivity (Wildman–Crippen MR) is 183 cm³/mol. The summed E-state index contributed by atoms with van der Waals surface area (Å²) in [7, 11) is 0. The second-order valence-electron chi connectivity index (χ2n) is 9.98. The lowest BCUT2D eigenvalue weighted by Gasteiger charge is -2.05. The van der Waals surface area contributed by atoms with Crippen LogP contribution in [0.3, 0.4) is 0 Å². The number of fused-ring (bicyclic) bond motifs is 1. The molecule has 4 aromatic carbocycles. The first-order valence-electron chi connectivity index (χ1n) is 13.4. The third-order valence-electron chi connectivity index (χ3n) is 6.65. The van der Waals surface area contributed by atoms with Crippen molar-refractivity contribution in [1.29, 1.82) is 0 Å². The zero-order valence-electron chi connectivity index (χ0n) is 23.7. The Kier molecular flexibility index (Phi) is 8.72. The van der Waals surface area contributed by atoms with E-state index in [1.165, 1.54) is 29.2 Å². The Labute approximate surface area is 275 Å². The number of carbonyl (C=O) groups is 2. The molecule has 2 heterocycles. The van der Waals surface area contributed by atoms with Gasteiger partial charge in [-0.15, -0.1) is 11.3 Å². The number of aliphatic imine (C=N–C) groups is 1. The number of amides is 2. The second kappa shape index (κ2) is 12.9. The van der Waals surface area contributed by atoms with Crippen LogP contribution in [0.4, 0.5) is 17.1 Å². The van der Waals surface area contributed by atoms with Crippen LogP contribution in [-0.2, 0) is 4.79 Å². The molecular weight excluding hydrogens is 650 g/mol. The molecule has 0 atom stereocenters. The average molecular weight is 672 g/mol. The summed E-state index contributed by atoms with van der Waals surface area (Å²) in [5.74, 6) is -0.561. The number of amidine groups is 1. The Morgan fingerprint density at radius 3 is 2.62 bits per heavy atom. The van der Waals surface area contributed by atoms with Crippen LogP contribution in [0, 0.1) is 24.0 Å². The number of thiazole rings is 1. The number of nitrogens with one attached hydrogen (secondary N) is 2. The summed E-state index contributed by atoms with van der Waals surface area (Å²) in [6.07, 6.45) is 1.59. The molecule has 1 aliphatic heterocycles. The highest BCUT2D eigenvalue weighted by Gasteiger charge is 2.25. The SMILES string of the molecule is Cc1ccc(C(=O)Nc2ccc3nc(Sc4ccc(/C=C5\SC(=Nc6ccc(C)c(Cl)c6)NC5=O)cc4[N+](=O)[O-])sc3c2)cc1. The van der Waals surface area contributed by atoms with E-state index in [-0.39, 0.29) is 17.5 Å². The molecule has 2 amide bonds.